The van der Waals surface area contributed by atoms with Gasteiger partial charge in [-0.15, -0.1) is 0 Å². The summed E-state index contributed by atoms with van der Waals surface area (Å²) >= 11 is 0. The topological polar surface area (TPSA) is 40.5 Å². The van der Waals surface area contributed by atoms with Crippen LogP contribution in [-0.4, -0.2) is 34.9 Å². The molecule has 134 valence electrons. The van der Waals surface area contributed by atoms with Crippen LogP contribution in [0.25, 0.3) is 0 Å². The molecule has 1 heterocycles. The molecule has 3 nitrogen and oxygen atoms in total. The largest absolute Gasteiger partial charge is 0.508 e. The van der Waals surface area contributed by atoms with Crippen LogP contribution in [0.3, 0.4) is 0 Å². The molecular formula is C22H29NO2. The van der Waals surface area contributed by atoms with E-state index in [2.05, 4.69) is 17.9 Å². The van der Waals surface area contributed by atoms with Crippen LogP contribution < -0.4 is 0 Å². The van der Waals surface area contributed by atoms with Crippen LogP contribution >= 0.6 is 0 Å². The van der Waals surface area contributed by atoms with Gasteiger partial charge in [-0.25, -0.2) is 0 Å². The Kier molecular flexibility index (Phi) is 3.54. The van der Waals surface area contributed by atoms with Crippen LogP contribution in [-0.2, 0) is 16.6 Å². The molecule has 0 radical (unpaired) electrons. The van der Waals surface area contributed by atoms with Crippen molar-refractivity contribution in [3.8, 4) is 5.75 Å². The van der Waals surface area contributed by atoms with Gasteiger partial charge >= 0.3 is 0 Å². The lowest BCUT2D eigenvalue weighted by Gasteiger charge is -2.60. The van der Waals surface area contributed by atoms with Gasteiger partial charge in [0, 0.05) is 30.3 Å². The molecule has 4 aliphatic rings. The Labute approximate surface area is 150 Å². The number of carbonyl (C=O) groups excluding carboxylic acids is 1. The van der Waals surface area contributed by atoms with Crippen molar-refractivity contribution < 1.29 is 9.90 Å². The SMILES string of the molecule is C[C@H]1C[C@H]2[C@H]3Cc4ccc(O)cc4[C@@]2(CCN3CC2CCC2)CC1=O. The maximum Gasteiger partial charge on any atom is 0.136 e. The second-order valence-electron chi connectivity index (χ2n) is 9.20. The fourth-order valence-corrected chi connectivity index (χ4v) is 6.28. The average Bonchev–Trinajstić information content (AvgIpc) is 2.54. The highest BCUT2D eigenvalue weighted by Crippen LogP contribution is 2.56. The van der Waals surface area contributed by atoms with Crippen LogP contribution in [0.5, 0.6) is 5.75 Å². The number of aromatic hydroxyl groups is 1. The van der Waals surface area contributed by atoms with Crippen LogP contribution in [0.1, 0.15) is 56.6 Å². The first-order chi connectivity index (χ1) is 12.1. The summed E-state index contributed by atoms with van der Waals surface area (Å²) in [4.78, 5) is 15.4. The summed E-state index contributed by atoms with van der Waals surface area (Å²) in [7, 11) is 0. The van der Waals surface area contributed by atoms with E-state index in [0.717, 1.165) is 31.7 Å². The Balaban J connectivity index is 1.57. The molecule has 1 aliphatic heterocycles. The van der Waals surface area contributed by atoms with Crippen LogP contribution in [0.2, 0.25) is 0 Å². The third-order valence-electron chi connectivity index (χ3n) is 7.91. The monoisotopic (exact) mass is 339 g/mol. The van der Waals surface area contributed by atoms with E-state index in [4.69, 9.17) is 0 Å². The molecule has 1 aromatic carbocycles. The lowest BCUT2D eigenvalue weighted by Crippen LogP contribution is -2.63. The summed E-state index contributed by atoms with van der Waals surface area (Å²) in [5.41, 5.74) is 2.65. The normalized spacial score (nSPS) is 38.0. The summed E-state index contributed by atoms with van der Waals surface area (Å²) in [6.45, 7) is 4.50. The van der Waals surface area contributed by atoms with Crippen molar-refractivity contribution in [2.24, 2.45) is 17.8 Å². The van der Waals surface area contributed by atoms with Gasteiger partial charge < -0.3 is 5.11 Å². The number of hydrogen-bond acceptors (Lipinski definition) is 3. The third kappa shape index (κ3) is 2.31. The third-order valence-corrected chi connectivity index (χ3v) is 7.91. The molecule has 0 spiro atoms. The standard InChI is InChI=1S/C22H29NO2/c1-14-9-19-20-10-16-5-6-17(24)11-18(16)22(19,12-21(14)25)7-8-23(20)13-15-3-2-4-15/h5-6,11,14-15,19-20,24H,2-4,7-10,12-13H2,1H3/t14-,19-,20+,22+/m0/s1. The van der Waals surface area contributed by atoms with E-state index in [-0.39, 0.29) is 11.3 Å². The summed E-state index contributed by atoms with van der Waals surface area (Å²) in [5, 5.41) is 10.1. The molecular weight excluding hydrogens is 310 g/mol. The maximum absolute atomic E-state index is 12.7. The maximum atomic E-state index is 12.7. The number of carbonyl (C=O) groups is 1. The Hall–Kier alpha value is -1.35. The molecule has 3 heteroatoms. The van der Waals surface area contributed by atoms with Gasteiger partial charge in [0.2, 0.25) is 0 Å². The molecule has 1 N–H and O–H groups in total. The van der Waals surface area contributed by atoms with Gasteiger partial charge in [0.25, 0.3) is 0 Å². The Morgan fingerprint density at radius 1 is 1.32 bits per heavy atom. The predicted octanol–water partition coefficient (Wildman–Crippen LogP) is 3.68. The highest BCUT2D eigenvalue weighted by molar-refractivity contribution is 5.83. The average molecular weight is 339 g/mol. The first kappa shape index (κ1) is 15.9. The fourth-order valence-electron chi connectivity index (χ4n) is 6.28. The molecule has 5 rings (SSSR count). The molecule has 2 bridgehead atoms. The predicted molar refractivity (Wildman–Crippen MR) is 97.7 cm³/mol. The summed E-state index contributed by atoms with van der Waals surface area (Å²) in [6, 6.07) is 6.51. The fraction of sp³-hybridized carbons (Fsp3) is 0.682. The number of nitrogens with zero attached hydrogens (tertiary/aromatic N) is 1. The number of hydrogen-bond donors (Lipinski definition) is 1. The number of phenolic OH excluding ortho intramolecular Hbond substituents is 1. The zero-order chi connectivity index (χ0) is 17.2. The second kappa shape index (κ2) is 5.57. The molecule has 25 heavy (non-hydrogen) atoms. The minimum absolute atomic E-state index is 0.0172. The quantitative estimate of drug-likeness (QED) is 0.894. The van der Waals surface area contributed by atoms with E-state index >= 15 is 0 Å². The summed E-state index contributed by atoms with van der Waals surface area (Å²) in [6.07, 6.45) is 8.09. The van der Waals surface area contributed by atoms with E-state index in [0.29, 0.717) is 29.9 Å². The van der Waals surface area contributed by atoms with Crippen LogP contribution in [0, 0.1) is 17.8 Å². The van der Waals surface area contributed by atoms with E-state index in [1.165, 1.54) is 36.9 Å². The number of rotatable bonds is 2. The van der Waals surface area contributed by atoms with Gasteiger partial charge in [0.05, 0.1) is 0 Å². The molecule has 3 aliphatic carbocycles. The van der Waals surface area contributed by atoms with Crippen molar-refractivity contribution >= 4 is 5.78 Å². The van der Waals surface area contributed by atoms with Gasteiger partial charge in [-0.2, -0.15) is 0 Å². The number of piperidine rings is 1. The van der Waals surface area contributed by atoms with Gasteiger partial charge in [0.1, 0.15) is 11.5 Å². The number of phenols is 1. The van der Waals surface area contributed by atoms with Gasteiger partial charge in [-0.3, -0.25) is 9.69 Å². The van der Waals surface area contributed by atoms with Crippen molar-refractivity contribution in [2.75, 3.05) is 13.1 Å². The van der Waals surface area contributed by atoms with E-state index in [1.54, 1.807) is 0 Å². The Bertz CT molecular complexity index is 710. The first-order valence-corrected chi connectivity index (χ1v) is 10.2. The van der Waals surface area contributed by atoms with Crippen molar-refractivity contribution in [3.63, 3.8) is 0 Å². The van der Waals surface area contributed by atoms with Gasteiger partial charge in [-0.1, -0.05) is 19.4 Å². The van der Waals surface area contributed by atoms with Gasteiger partial charge in [-0.05, 0) is 73.7 Å². The van der Waals surface area contributed by atoms with E-state index in [9.17, 15) is 9.90 Å². The molecule has 0 unspecified atom stereocenters. The minimum atomic E-state index is -0.0172. The summed E-state index contributed by atoms with van der Waals surface area (Å²) in [5.74, 6) is 2.45. The molecule has 2 saturated carbocycles. The smallest absolute Gasteiger partial charge is 0.136 e. The number of benzene rings is 1. The molecule has 1 saturated heterocycles. The number of likely N-dealkylation sites (tertiary alicyclic amines) is 1. The van der Waals surface area contributed by atoms with Crippen molar-refractivity contribution in [1.29, 1.82) is 0 Å². The second-order valence-corrected chi connectivity index (χ2v) is 9.20. The van der Waals surface area contributed by atoms with E-state index in [1.807, 2.05) is 12.1 Å². The van der Waals surface area contributed by atoms with E-state index < -0.39 is 0 Å². The van der Waals surface area contributed by atoms with Crippen LogP contribution in [0.4, 0.5) is 0 Å². The molecule has 0 aromatic heterocycles. The number of ketones is 1. The highest BCUT2D eigenvalue weighted by atomic mass is 16.3. The minimum Gasteiger partial charge on any atom is -0.508 e. The van der Waals surface area contributed by atoms with Crippen LogP contribution in [0.15, 0.2) is 18.2 Å². The first-order valence-electron chi connectivity index (χ1n) is 10.2. The van der Waals surface area contributed by atoms with Gasteiger partial charge in [0.15, 0.2) is 0 Å². The zero-order valence-electron chi connectivity index (χ0n) is 15.2. The van der Waals surface area contributed by atoms with Crippen molar-refractivity contribution in [1.82, 2.24) is 4.90 Å². The Morgan fingerprint density at radius 3 is 2.92 bits per heavy atom. The number of fused-ring (bicyclic) bond motifs is 1. The van der Waals surface area contributed by atoms with Crippen molar-refractivity contribution in [2.45, 2.75) is 63.3 Å². The number of Topliss-reactive ketones (excluding diaryl/α,β-unsaturated/α-hetero) is 1. The highest BCUT2D eigenvalue weighted by Gasteiger charge is 2.57. The molecule has 4 atom stereocenters. The Morgan fingerprint density at radius 2 is 2.16 bits per heavy atom. The zero-order valence-corrected chi connectivity index (χ0v) is 15.2. The van der Waals surface area contributed by atoms with Crippen molar-refractivity contribution in [3.05, 3.63) is 29.3 Å². The lowest BCUT2D eigenvalue weighted by atomic mass is 9.50. The molecule has 1 aromatic rings. The molecule has 0 amide bonds. The molecule has 3 fully saturated rings. The lowest BCUT2D eigenvalue weighted by molar-refractivity contribution is -0.132. The summed E-state index contributed by atoms with van der Waals surface area (Å²) < 4.78 is 0.